The number of nitrogens with two attached hydrogens (primary N) is 1. The standard InChI is InChI=1S/C14H22N2O2S/c1-14(2,3)10-19(17,18)16-8-4-5-11-9-12(15)6-7-13(11)16/h6-7,9H,4-5,8,10,15H2,1-3H3. The smallest absolute Gasteiger partial charge is 0.235 e. The van der Waals surface area contributed by atoms with Crippen LogP contribution in [0, 0.1) is 5.41 Å². The van der Waals surface area contributed by atoms with Crippen LogP contribution in [0.3, 0.4) is 0 Å². The summed E-state index contributed by atoms with van der Waals surface area (Å²) in [6.45, 7) is 6.39. The van der Waals surface area contributed by atoms with E-state index in [1.807, 2.05) is 32.9 Å². The summed E-state index contributed by atoms with van der Waals surface area (Å²) in [6, 6.07) is 5.47. The number of fused-ring (bicyclic) bond motifs is 1. The molecule has 1 aromatic carbocycles. The van der Waals surface area contributed by atoms with Crippen molar-refractivity contribution in [3.63, 3.8) is 0 Å². The fourth-order valence-corrected chi connectivity index (χ4v) is 4.63. The third-order valence-electron chi connectivity index (χ3n) is 3.13. The molecule has 5 heteroatoms. The number of sulfonamides is 1. The normalized spacial score (nSPS) is 16.3. The molecule has 0 saturated carbocycles. The second-order valence-corrected chi connectivity index (χ2v) is 8.27. The van der Waals surface area contributed by atoms with Gasteiger partial charge >= 0.3 is 0 Å². The van der Waals surface area contributed by atoms with E-state index in [-0.39, 0.29) is 11.2 Å². The van der Waals surface area contributed by atoms with Gasteiger partial charge in [0, 0.05) is 12.2 Å². The quantitative estimate of drug-likeness (QED) is 0.847. The molecule has 106 valence electrons. The molecular weight excluding hydrogens is 260 g/mol. The SMILES string of the molecule is CC(C)(C)CS(=O)(=O)N1CCCc2cc(N)ccc21. The number of rotatable bonds is 2. The van der Waals surface area contributed by atoms with Crippen LogP contribution in [0.2, 0.25) is 0 Å². The molecule has 2 rings (SSSR count). The van der Waals surface area contributed by atoms with Crippen molar-refractivity contribution in [2.45, 2.75) is 33.6 Å². The monoisotopic (exact) mass is 282 g/mol. The van der Waals surface area contributed by atoms with Crippen LogP contribution in [0.15, 0.2) is 18.2 Å². The maximum atomic E-state index is 12.5. The van der Waals surface area contributed by atoms with E-state index in [0.29, 0.717) is 12.2 Å². The Balaban J connectivity index is 2.39. The molecule has 0 radical (unpaired) electrons. The van der Waals surface area contributed by atoms with Crippen molar-refractivity contribution < 1.29 is 8.42 Å². The van der Waals surface area contributed by atoms with Gasteiger partial charge in [0.1, 0.15) is 0 Å². The molecule has 2 N–H and O–H groups in total. The van der Waals surface area contributed by atoms with Crippen molar-refractivity contribution in [1.82, 2.24) is 0 Å². The number of benzene rings is 1. The summed E-state index contributed by atoms with van der Waals surface area (Å²) in [7, 11) is -3.27. The van der Waals surface area contributed by atoms with Gasteiger partial charge in [-0.1, -0.05) is 20.8 Å². The minimum atomic E-state index is -3.27. The average Bonchev–Trinajstić information content (AvgIpc) is 2.24. The summed E-state index contributed by atoms with van der Waals surface area (Å²) in [4.78, 5) is 0. The Bertz CT molecular complexity index is 574. The van der Waals surface area contributed by atoms with Crippen molar-refractivity contribution >= 4 is 21.4 Å². The predicted octanol–water partition coefficient (Wildman–Crippen LogP) is 2.40. The van der Waals surface area contributed by atoms with Crippen molar-refractivity contribution in [1.29, 1.82) is 0 Å². The summed E-state index contributed by atoms with van der Waals surface area (Å²) >= 11 is 0. The van der Waals surface area contributed by atoms with Gasteiger partial charge in [-0.2, -0.15) is 0 Å². The van der Waals surface area contributed by atoms with Crippen LogP contribution < -0.4 is 10.0 Å². The van der Waals surface area contributed by atoms with Crippen molar-refractivity contribution in [2.24, 2.45) is 5.41 Å². The molecule has 0 unspecified atom stereocenters. The van der Waals surface area contributed by atoms with Gasteiger partial charge in [-0.25, -0.2) is 8.42 Å². The Hall–Kier alpha value is -1.23. The molecule has 4 nitrogen and oxygen atoms in total. The van der Waals surface area contributed by atoms with Gasteiger partial charge in [0.2, 0.25) is 10.0 Å². The third kappa shape index (κ3) is 3.21. The van der Waals surface area contributed by atoms with Crippen molar-refractivity contribution in [3.8, 4) is 0 Å². The van der Waals surface area contributed by atoms with Gasteiger partial charge < -0.3 is 5.73 Å². The maximum absolute atomic E-state index is 12.5. The summed E-state index contributed by atoms with van der Waals surface area (Å²) < 4.78 is 26.6. The molecular formula is C14H22N2O2S. The van der Waals surface area contributed by atoms with Crippen molar-refractivity contribution in [3.05, 3.63) is 23.8 Å². The van der Waals surface area contributed by atoms with E-state index in [1.165, 1.54) is 0 Å². The number of nitrogens with zero attached hydrogens (tertiary/aromatic N) is 1. The summed E-state index contributed by atoms with van der Waals surface area (Å²) in [5.74, 6) is 0.157. The molecule has 0 spiro atoms. The van der Waals surface area contributed by atoms with E-state index in [2.05, 4.69) is 0 Å². The maximum Gasteiger partial charge on any atom is 0.235 e. The van der Waals surface area contributed by atoms with Gasteiger partial charge in [-0.15, -0.1) is 0 Å². The highest BCUT2D eigenvalue weighted by Crippen LogP contribution is 2.32. The van der Waals surface area contributed by atoms with Crippen molar-refractivity contribution in [2.75, 3.05) is 22.3 Å². The molecule has 0 amide bonds. The molecule has 1 aliphatic rings. The van der Waals surface area contributed by atoms with Crippen LogP contribution in [-0.4, -0.2) is 20.7 Å². The van der Waals surface area contributed by atoms with Crippen LogP contribution in [0.1, 0.15) is 32.8 Å². The second kappa shape index (κ2) is 4.71. The van der Waals surface area contributed by atoms with E-state index in [4.69, 9.17) is 5.73 Å². The van der Waals surface area contributed by atoms with Crippen LogP contribution in [-0.2, 0) is 16.4 Å². The highest BCUT2D eigenvalue weighted by Gasteiger charge is 2.31. The molecule has 1 aromatic rings. The Morgan fingerprint density at radius 3 is 2.63 bits per heavy atom. The zero-order chi connectivity index (χ0) is 14.3. The molecule has 0 aromatic heterocycles. The lowest BCUT2D eigenvalue weighted by Crippen LogP contribution is -2.40. The molecule has 0 aliphatic carbocycles. The highest BCUT2D eigenvalue weighted by atomic mass is 32.2. The van der Waals surface area contributed by atoms with Gasteiger partial charge in [0.15, 0.2) is 0 Å². The minimum Gasteiger partial charge on any atom is -0.399 e. The van der Waals surface area contributed by atoms with E-state index in [0.717, 1.165) is 24.1 Å². The molecule has 0 atom stereocenters. The van der Waals surface area contributed by atoms with E-state index >= 15 is 0 Å². The molecule has 0 fully saturated rings. The number of aryl methyl sites for hydroxylation is 1. The van der Waals surface area contributed by atoms with E-state index in [9.17, 15) is 8.42 Å². The summed E-state index contributed by atoms with van der Waals surface area (Å²) in [5, 5.41) is 0. The third-order valence-corrected chi connectivity index (χ3v) is 5.41. The zero-order valence-corrected chi connectivity index (χ0v) is 12.6. The first-order chi connectivity index (χ1) is 8.69. The average molecular weight is 282 g/mol. The van der Waals surface area contributed by atoms with Gasteiger partial charge in [0.05, 0.1) is 11.4 Å². The lowest BCUT2D eigenvalue weighted by molar-refractivity contribution is 0.460. The lowest BCUT2D eigenvalue weighted by atomic mass is 10.0. The molecule has 0 saturated heterocycles. The summed E-state index contributed by atoms with van der Waals surface area (Å²) in [5.41, 5.74) is 8.04. The Labute approximate surface area is 115 Å². The van der Waals surface area contributed by atoms with Crippen LogP contribution in [0.25, 0.3) is 0 Å². The largest absolute Gasteiger partial charge is 0.399 e. The Morgan fingerprint density at radius 2 is 2.00 bits per heavy atom. The number of hydrogen-bond acceptors (Lipinski definition) is 3. The molecule has 1 aliphatic heterocycles. The molecule has 1 heterocycles. The van der Waals surface area contributed by atoms with Crippen LogP contribution in [0.5, 0.6) is 0 Å². The first-order valence-electron chi connectivity index (χ1n) is 6.58. The van der Waals surface area contributed by atoms with Gasteiger partial charge in [-0.3, -0.25) is 4.31 Å². The first-order valence-corrected chi connectivity index (χ1v) is 8.19. The molecule has 0 bridgehead atoms. The summed E-state index contributed by atoms with van der Waals surface area (Å²) in [6.07, 6.45) is 1.74. The number of anilines is 2. The number of hydrogen-bond donors (Lipinski definition) is 1. The number of nitrogen functional groups attached to an aromatic ring is 1. The van der Waals surface area contributed by atoms with Gasteiger partial charge in [0.25, 0.3) is 0 Å². The fraction of sp³-hybridized carbons (Fsp3) is 0.571. The first kappa shape index (κ1) is 14.2. The van der Waals surface area contributed by atoms with Crippen LogP contribution >= 0.6 is 0 Å². The minimum absolute atomic E-state index is 0.157. The second-order valence-electron chi connectivity index (χ2n) is 6.38. The zero-order valence-electron chi connectivity index (χ0n) is 11.8. The highest BCUT2D eigenvalue weighted by molar-refractivity contribution is 7.92. The lowest BCUT2D eigenvalue weighted by Gasteiger charge is -2.33. The fourth-order valence-electron chi connectivity index (χ4n) is 2.50. The molecule has 19 heavy (non-hydrogen) atoms. The van der Waals surface area contributed by atoms with Gasteiger partial charge in [-0.05, 0) is 42.0 Å². The Morgan fingerprint density at radius 1 is 1.32 bits per heavy atom. The topological polar surface area (TPSA) is 63.4 Å². The van der Waals surface area contributed by atoms with E-state index < -0.39 is 10.0 Å². The van der Waals surface area contributed by atoms with E-state index in [1.54, 1.807) is 10.4 Å². The van der Waals surface area contributed by atoms with Crippen LogP contribution in [0.4, 0.5) is 11.4 Å². The predicted molar refractivity (Wildman–Crippen MR) is 79.8 cm³/mol. The Kier molecular flexibility index (Phi) is 3.51.